The van der Waals surface area contributed by atoms with E-state index in [2.05, 4.69) is 10.3 Å². The van der Waals surface area contributed by atoms with E-state index in [1.165, 1.54) is 12.1 Å². The fourth-order valence-corrected chi connectivity index (χ4v) is 1.90. The molecule has 0 bridgehead atoms. The first-order chi connectivity index (χ1) is 10.8. The van der Waals surface area contributed by atoms with Crippen LogP contribution < -0.4 is 5.32 Å². The Kier molecular flexibility index (Phi) is 4.55. The van der Waals surface area contributed by atoms with Gasteiger partial charge in [-0.15, -0.1) is 0 Å². The van der Waals surface area contributed by atoms with Crippen molar-refractivity contribution in [2.45, 2.75) is 19.0 Å². The van der Waals surface area contributed by atoms with Crippen molar-refractivity contribution in [3.05, 3.63) is 47.5 Å². The van der Waals surface area contributed by atoms with E-state index >= 15 is 0 Å². The standard InChI is InChI=1S/C14H11F3N4O2/c15-14(16,17)12-11(21(23)8-19-12)13(22)20-10-5-3-9(4-6-10)2-1-7-18/h3-6,8,23H,1-2H2,(H,20,22). The van der Waals surface area contributed by atoms with E-state index in [9.17, 15) is 23.2 Å². The zero-order valence-electron chi connectivity index (χ0n) is 11.6. The van der Waals surface area contributed by atoms with E-state index in [-0.39, 0.29) is 10.4 Å². The number of nitrogens with zero attached hydrogens (tertiary/aromatic N) is 3. The number of aryl methyl sites for hydroxylation is 1. The minimum atomic E-state index is -4.86. The molecular weight excluding hydrogens is 313 g/mol. The maximum absolute atomic E-state index is 12.7. The molecule has 0 fully saturated rings. The summed E-state index contributed by atoms with van der Waals surface area (Å²) < 4.78 is 38.2. The molecule has 0 atom stereocenters. The number of anilines is 1. The summed E-state index contributed by atoms with van der Waals surface area (Å²) in [6, 6.07) is 8.28. The van der Waals surface area contributed by atoms with Gasteiger partial charge in [0.2, 0.25) is 0 Å². The first-order valence-corrected chi connectivity index (χ1v) is 6.44. The summed E-state index contributed by atoms with van der Waals surface area (Å²) in [5, 5.41) is 20.1. The quantitative estimate of drug-likeness (QED) is 0.846. The van der Waals surface area contributed by atoms with Crippen molar-refractivity contribution in [1.29, 1.82) is 5.26 Å². The molecule has 0 radical (unpaired) electrons. The highest BCUT2D eigenvalue weighted by Gasteiger charge is 2.40. The lowest BCUT2D eigenvalue weighted by Crippen LogP contribution is -2.21. The molecule has 0 aliphatic carbocycles. The second-order valence-corrected chi connectivity index (χ2v) is 4.59. The first-order valence-electron chi connectivity index (χ1n) is 6.44. The van der Waals surface area contributed by atoms with Crippen LogP contribution in [0, 0.1) is 11.3 Å². The Balaban J connectivity index is 2.17. The number of nitrogens with one attached hydrogen (secondary N) is 1. The average Bonchev–Trinajstić information content (AvgIpc) is 2.88. The van der Waals surface area contributed by atoms with Crippen LogP contribution in [0.4, 0.5) is 18.9 Å². The summed E-state index contributed by atoms with van der Waals surface area (Å²) in [6.07, 6.45) is -3.48. The van der Waals surface area contributed by atoms with Gasteiger partial charge in [0.05, 0.1) is 6.07 Å². The number of rotatable bonds is 4. The number of halogens is 3. The predicted octanol–water partition coefficient (Wildman–Crippen LogP) is 2.85. The topological polar surface area (TPSA) is 90.9 Å². The van der Waals surface area contributed by atoms with Crippen LogP contribution >= 0.6 is 0 Å². The molecule has 0 saturated heterocycles. The Hall–Kier alpha value is -3.02. The van der Waals surface area contributed by atoms with E-state index in [1.807, 2.05) is 6.07 Å². The highest BCUT2D eigenvalue weighted by molar-refractivity contribution is 6.03. The Morgan fingerprint density at radius 1 is 1.35 bits per heavy atom. The van der Waals surface area contributed by atoms with E-state index in [0.717, 1.165) is 5.56 Å². The van der Waals surface area contributed by atoms with Gasteiger partial charge in [0.25, 0.3) is 5.91 Å². The van der Waals surface area contributed by atoms with Gasteiger partial charge in [-0.05, 0) is 24.1 Å². The summed E-state index contributed by atoms with van der Waals surface area (Å²) >= 11 is 0. The van der Waals surface area contributed by atoms with Crippen LogP contribution in [0.25, 0.3) is 0 Å². The third-order valence-electron chi connectivity index (χ3n) is 2.97. The van der Waals surface area contributed by atoms with E-state index in [4.69, 9.17) is 5.26 Å². The number of aromatic nitrogens is 2. The van der Waals surface area contributed by atoms with Gasteiger partial charge >= 0.3 is 6.18 Å². The molecule has 6 nitrogen and oxygen atoms in total. The molecular formula is C14H11F3N4O2. The normalized spacial score (nSPS) is 11.0. The second kappa shape index (κ2) is 6.39. The fraction of sp³-hybridized carbons (Fsp3) is 0.214. The van der Waals surface area contributed by atoms with Gasteiger partial charge in [0.1, 0.15) is 6.33 Å². The van der Waals surface area contributed by atoms with Gasteiger partial charge in [-0.3, -0.25) is 4.79 Å². The lowest BCUT2D eigenvalue weighted by molar-refractivity contribution is -0.141. The third kappa shape index (κ3) is 3.79. The predicted molar refractivity (Wildman–Crippen MR) is 72.7 cm³/mol. The van der Waals surface area contributed by atoms with Gasteiger partial charge < -0.3 is 10.5 Å². The molecule has 23 heavy (non-hydrogen) atoms. The van der Waals surface area contributed by atoms with Crippen molar-refractivity contribution in [2.24, 2.45) is 0 Å². The Morgan fingerprint density at radius 2 is 2.00 bits per heavy atom. The van der Waals surface area contributed by atoms with Gasteiger partial charge in [-0.2, -0.15) is 23.2 Å². The van der Waals surface area contributed by atoms with Crippen molar-refractivity contribution >= 4 is 11.6 Å². The van der Waals surface area contributed by atoms with Crippen molar-refractivity contribution < 1.29 is 23.2 Å². The summed E-state index contributed by atoms with van der Waals surface area (Å²) in [5.41, 5.74) is -1.35. The maximum atomic E-state index is 12.7. The van der Waals surface area contributed by atoms with Crippen molar-refractivity contribution in [3.8, 4) is 6.07 Å². The third-order valence-corrected chi connectivity index (χ3v) is 2.97. The van der Waals surface area contributed by atoms with E-state index in [0.29, 0.717) is 19.2 Å². The van der Waals surface area contributed by atoms with Gasteiger partial charge in [0, 0.05) is 12.1 Å². The van der Waals surface area contributed by atoms with Crippen LogP contribution in [0.2, 0.25) is 0 Å². The monoisotopic (exact) mass is 324 g/mol. The summed E-state index contributed by atoms with van der Waals surface area (Å²) in [4.78, 5) is 14.9. The smallest absolute Gasteiger partial charge is 0.427 e. The number of benzene rings is 1. The van der Waals surface area contributed by atoms with Crippen LogP contribution in [-0.4, -0.2) is 20.8 Å². The molecule has 9 heteroatoms. The number of hydrogen-bond acceptors (Lipinski definition) is 4. The molecule has 0 aliphatic heterocycles. The molecule has 1 aromatic heterocycles. The molecule has 2 rings (SSSR count). The largest absolute Gasteiger partial charge is 0.435 e. The van der Waals surface area contributed by atoms with Crippen molar-refractivity contribution in [1.82, 2.24) is 9.71 Å². The van der Waals surface area contributed by atoms with Crippen LogP contribution in [-0.2, 0) is 12.6 Å². The number of hydrogen-bond donors (Lipinski definition) is 2. The summed E-state index contributed by atoms with van der Waals surface area (Å²) in [7, 11) is 0. The minimum absolute atomic E-state index is 0.0272. The maximum Gasteiger partial charge on any atom is 0.435 e. The SMILES string of the molecule is N#CCCc1ccc(NC(=O)c2c(C(F)(F)F)ncn2O)cc1. The minimum Gasteiger partial charge on any atom is -0.427 e. The summed E-state index contributed by atoms with van der Waals surface area (Å²) in [5.74, 6) is -1.14. The lowest BCUT2D eigenvalue weighted by atomic mass is 10.1. The molecule has 0 unspecified atom stereocenters. The highest BCUT2D eigenvalue weighted by atomic mass is 19.4. The second-order valence-electron chi connectivity index (χ2n) is 4.59. The van der Waals surface area contributed by atoms with Crippen LogP contribution in [0.3, 0.4) is 0 Å². The lowest BCUT2D eigenvalue weighted by Gasteiger charge is -2.09. The van der Waals surface area contributed by atoms with Gasteiger partial charge in [-0.25, -0.2) is 4.98 Å². The molecule has 0 aliphatic rings. The first kappa shape index (κ1) is 16.4. The number of alkyl halides is 3. The van der Waals surface area contributed by atoms with E-state index in [1.54, 1.807) is 12.1 Å². The van der Waals surface area contributed by atoms with Gasteiger partial charge in [-0.1, -0.05) is 12.1 Å². The number of amides is 1. The van der Waals surface area contributed by atoms with Gasteiger partial charge in [0.15, 0.2) is 11.4 Å². The Labute approximate surface area is 128 Å². The van der Waals surface area contributed by atoms with E-state index < -0.39 is 23.5 Å². The molecule has 0 saturated carbocycles. The van der Waals surface area contributed by atoms with Crippen molar-refractivity contribution in [3.63, 3.8) is 0 Å². The molecule has 1 aromatic carbocycles. The number of imidazole rings is 1. The average molecular weight is 324 g/mol. The zero-order chi connectivity index (χ0) is 17.0. The number of nitriles is 1. The number of carbonyl (C=O) groups excluding carboxylic acids is 1. The molecule has 1 heterocycles. The summed E-state index contributed by atoms with van der Waals surface area (Å²) in [6.45, 7) is 0. The van der Waals surface area contributed by atoms with Crippen LogP contribution in [0.5, 0.6) is 0 Å². The molecule has 2 aromatic rings. The van der Waals surface area contributed by atoms with Crippen LogP contribution in [0.15, 0.2) is 30.6 Å². The Morgan fingerprint density at radius 3 is 2.57 bits per heavy atom. The molecule has 0 spiro atoms. The molecule has 2 N–H and O–H groups in total. The Bertz CT molecular complexity index is 745. The van der Waals surface area contributed by atoms with Crippen molar-refractivity contribution in [2.75, 3.05) is 5.32 Å². The molecule has 120 valence electrons. The zero-order valence-corrected chi connectivity index (χ0v) is 11.6. The highest BCUT2D eigenvalue weighted by Crippen LogP contribution is 2.30. The van der Waals surface area contributed by atoms with Crippen LogP contribution in [0.1, 0.15) is 28.2 Å². The fourth-order valence-electron chi connectivity index (χ4n) is 1.90. The molecule has 1 amide bonds. The number of carbonyl (C=O) groups is 1.